The Kier molecular flexibility index (Phi) is 35.9. The fourth-order valence-corrected chi connectivity index (χ4v) is 10.4. The van der Waals surface area contributed by atoms with E-state index in [-0.39, 0.29) is 38.1 Å². The zero-order valence-electron chi connectivity index (χ0n) is 59.6. The summed E-state index contributed by atoms with van der Waals surface area (Å²) in [5.41, 5.74) is 12.3. The third kappa shape index (κ3) is 29.0. The van der Waals surface area contributed by atoms with Crippen LogP contribution in [0.4, 0.5) is 0 Å². The third-order valence-corrected chi connectivity index (χ3v) is 16.3. The van der Waals surface area contributed by atoms with Crippen LogP contribution in [-0.4, -0.2) is 247 Å². The molecule has 104 heavy (non-hydrogen) atoms. The van der Waals surface area contributed by atoms with Crippen LogP contribution in [0, 0.1) is 17.8 Å². The summed E-state index contributed by atoms with van der Waals surface area (Å²) in [6.07, 6.45) is 1.29. The van der Waals surface area contributed by atoms with Gasteiger partial charge in [-0.1, -0.05) is 71.9 Å². The standard InChI is InChI=1S/C65H100N18O21/c1-30(2)21-41(59(97)80-45(28-85)64(102)83-20-14-17-46(83)65(103)104)78-62(100)50(31(3)4)81-48(87)26-69-52(90)33(7)72-57(95)40(18-19-47(67)86)75-60(98)42(22-37-15-12-11-13-16-37)76-54(92)35(9)71-53(91)34(8)74-61(99)44(27-84)79-63(101)51(32(5)6)82-55(93)36(10)73-58(96)43(24-49(88)89)77-56(94)39(66)23-38-25-68-29-70-38/h11-13,15-16,25,29-36,39-46,50-51,84-85H,14,17-24,26-28,66H2,1-10H3,(H2,67,86)(H,68,70)(H,69,90)(H,71,91)(H,72,95)(H,73,96)(H,74,99)(H,75,98)(H,76,92)(H,77,94)(H,78,100)(H,79,101)(H,80,97)(H,81,87)(H,82,93)(H,88,89)(H,103,104)/t33-,34-,35-,36-,39-,40-,41-,42-,43-,44-,45-,46-,50-,51-/m0/s1. The van der Waals surface area contributed by atoms with Crippen molar-refractivity contribution in [3.8, 4) is 0 Å². The van der Waals surface area contributed by atoms with Crippen LogP contribution in [0.1, 0.15) is 119 Å². The predicted molar refractivity (Wildman–Crippen MR) is 366 cm³/mol. The molecule has 2 aromatic rings. The number of aromatic nitrogens is 2. The van der Waals surface area contributed by atoms with Gasteiger partial charge in [-0.2, -0.15) is 0 Å². The Labute approximate surface area is 599 Å². The molecule has 1 aliphatic heterocycles. The molecular weight excluding hydrogens is 1370 g/mol. The average molecular weight is 1470 g/mol. The van der Waals surface area contributed by atoms with Crippen LogP contribution >= 0.6 is 0 Å². The van der Waals surface area contributed by atoms with E-state index in [4.69, 9.17) is 11.5 Å². The lowest BCUT2D eigenvalue weighted by Gasteiger charge is -2.29. The molecule has 1 aliphatic rings. The molecule has 15 amide bonds. The second-order valence-electron chi connectivity index (χ2n) is 26.2. The molecule has 0 aliphatic carbocycles. The van der Waals surface area contributed by atoms with Gasteiger partial charge in [0.25, 0.3) is 0 Å². The van der Waals surface area contributed by atoms with Crippen LogP contribution in [0.2, 0.25) is 0 Å². The minimum atomic E-state index is -1.75. The number of nitrogens with one attached hydrogen (secondary N) is 14. The number of rotatable bonds is 43. The van der Waals surface area contributed by atoms with Gasteiger partial charge in [-0.05, 0) is 76.7 Å². The third-order valence-electron chi connectivity index (χ3n) is 16.3. The van der Waals surface area contributed by atoms with E-state index < -0.39 is 236 Å². The highest BCUT2D eigenvalue weighted by atomic mass is 16.4. The molecule has 0 unspecified atom stereocenters. The molecule has 0 radical (unpaired) electrons. The first kappa shape index (κ1) is 87.5. The fraction of sp³-hybridized carbons (Fsp3) is 0.600. The van der Waals surface area contributed by atoms with E-state index in [2.05, 4.69) is 79.1 Å². The number of benzene rings is 1. The van der Waals surface area contributed by atoms with Gasteiger partial charge >= 0.3 is 11.9 Å². The molecule has 22 N–H and O–H groups in total. The number of hydrogen-bond acceptors (Lipinski definition) is 21. The van der Waals surface area contributed by atoms with Gasteiger partial charge < -0.3 is 111 Å². The molecule has 1 saturated heterocycles. The molecule has 1 aromatic carbocycles. The normalized spacial score (nSPS) is 16.4. The van der Waals surface area contributed by atoms with E-state index in [9.17, 15) is 102 Å². The number of carbonyl (C=O) groups is 17. The van der Waals surface area contributed by atoms with Crippen LogP contribution < -0.4 is 80.6 Å². The number of H-pyrrole nitrogens is 1. The lowest BCUT2D eigenvalue weighted by atomic mass is 9.99. The maximum atomic E-state index is 14.2. The topological polar surface area (TPSA) is 611 Å². The molecule has 0 saturated carbocycles. The van der Waals surface area contributed by atoms with Crippen LogP contribution in [0.25, 0.3) is 0 Å². The van der Waals surface area contributed by atoms with Crippen molar-refractivity contribution in [2.75, 3.05) is 26.3 Å². The van der Waals surface area contributed by atoms with Crippen molar-refractivity contribution in [1.29, 1.82) is 0 Å². The van der Waals surface area contributed by atoms with Crippen molar-refractivity contribution in [1.82, 2.24) is 84.0 Å². The van der Waals surface area contributed by atoms with Gasteiger partial charge in [0, 0.05) is 37.7 Å². The average Bonchev–Trinajstić information content (AvgIpc) is 1.58. The number of aliphatic hydroxyl groups is 2. The minimum Gasteiger partial charge on any atom is -0.481 e. The number of likely N-dealkylation sites (tertiary alicyclic amines) is 1. The van der Waals surface area contributed by atoms with E-state index in [1.165, 1.54) is 54.1 Å². The van der Waals surface area contributed by atoms with Gasteiger partial charge in [0.15, 0.2) is 0 Å². The summed E-state index contributed by atoms with van der Waals surface area (Å²) in [5.74, 6) is -18.5. The number of carbonyl (C=O) groups excluding carboxylic acids is 15. The summed E-state index contributed by atoms with van der Waals surface area (Å²) >= 11 is 0. The Hall–Kier alpha value is -10.7. The number of primary amides is 1. The number of aromatic amines is 1. The van der Waals surface area contributed by atoms with Crippen LogP contribution in [0.3, 0.4) is 0 Å². The number of aliphatic hydroxyl groups excluding tert-OH is 2. The zero-order chi connectivity index (χ0) is 78.4. The molecule has 1 aromatic heterocycles. The molecule has 2 heterocycles. The van der Waals surface area contributed by atoms with Crippen molar-refractivity contribution in [2.45, 2.75) is 205 Å². The predicted octanol–water partition coefficient (Wildman–Crippen LogP) is -7.31. The number of aliphatic carboxylic acids is 2. The Morgan fingerprint density at radius 1 is 0.529 bits per heavy atom. The van der Waals surface area contributed by atoms with Gasteiger partial charge in [0.1, 0.15) is 78.5 Å². The molecular formula is C65H100N18O21. The van der Waals surface area contributed by atoms with Crippen molar-refractivity contribution in [3.05, 3.63) is 54.1 Å². The van der Waals surface area contributed by atoms with E-state index in [1.807, 2.05) is 0 Å². The Balaban J connectivity index is 1.65. The second kappa shape index (κ2) is 42.7. The highest BCUT2D eigenvalue weighted by molar-refractivity contribution is 6.00. The molecule has 3 rings (SSSR count). The van der Waals surface area contributed by atoms with Crippen molar-refractivity contribution < 1.29 is 102 Å². The monoisotopic (exact) mass is 1470 g/mol. The quantitative estimate of drug-likeness (QED) is 0.0293. The van der Waals surface area contributed by atoms with Crippen molar-refractivity contribution in [3.63, 3.8) is 0 Å². The van der Waals surface area contributed by atoms with Gasteiger partial charge in [0.05, 0.1) is 38.5 Å². The van der Waals surface area contributed by atoms with Gasteiger partial charge in [-0.15, -0.1) is 0 Å². The number of carboxylic acids is 2. The highest BCUT2D eigenvalue weighted by Crippen LogP contribution is 2.19. The molecule has 0 spiro atoms. The first-order chi connectivity index (χ1) is 48.8. The number of carboxylic acid groups (broad SMARTS) is 2. The SMILES string of the molecule is CC(C)C[C@H](NC(=O)[C@@H](NC(=O)CNC(=O)[C@H](C)NC(=O)[C@H](CCC(N)=O)NC(=O)[C@H](Cc1ccccc1)NC(=O)[C@H](C)NC(=O)[C@H](C)NC(=O)[C@H](CO)NC(=O)[C@@H](NC(=O)[C@H](C)NC(=O)[C@H](CC(=O)O)NC(=O)[C@@H](N)Cc1cnc[nH]1)C(C)C)C(C)C)C(=O)N[C@@H](CO)C(=O)N1CCC[C@H]1C(=O)O. The smallest absolute Gasteiger partial charge is 0.326 e. The van der Waals surface area contributed by atoms with Gasteiger partial charge in [-0.25, -0.2) is 9.78 Å². The van der Waals surface area contributed by atoms with Gasteiger partial charge in [-0.3, -0.25) is 76.7 Å². The van der Waals surface area contributed by atoms with Crippen molar-refractivity contribution in [2.24, 2.45) is 29.2 Å². The first-order valence-electron chi connectivity index (χ1n) is 33.7. The van der Waals surface area contributed by atoms with Crippen molar-refractivity contribution >= 4 is 101 Å². The summed E-state index contributed by atoms with van der Waals surface area (Å²) in [7, 11) is 0. The number of nitrogens with two attached hydrogens (primary N) is 2. The summed E-state index contributed by atoms with van der Waals surface area (Å²) in [6.45, 7) is 11.9. The summed E-state index contributed by atoms with van der Waals surface area (Å²) in [6, 6.07) is -12.2. The van der Waals surface area contributed by atoms with E-state index in [1.54, 1.807) is 58.0 Å². The Morgan fingerprint density at radius 2 is 0.990 bits per heavy atom. The van der Waals surface area contributed by atoms with E-state index in [0.29, 0.717) is 17.7 Å². The second-order valence-corrected chi connectivity index (χ2v) is 26.2. The molecule has 39 nitrogen and oxygen atoms in total. The Morgan fingerprint density at radius 3 is 1.51 bits per heavy atom. The zero-order valence-corrected chi connectivity index (χ0v) is 59.6. The summed E-state index contributed by atoms with van der Waals surface area (Å²) < 4.78 is 0. The summed E-state index contributed by atoms with van der Waals surface area (Å²) in [5, 5.41) is 70.4. The molecule has 39 heteroatoms. The molecule has 1 fully saturated rings. The van der Waals surface area contributed by atoms with Crippen LogP contribution in [-0.2, 0) is 94.3 Å². The van der Waals surface area contributed by atoms with E-state index in [0.717, 1.165) is 4.90 Å². The lowest BCUT2D eigenvalue weighted by molar-refractivity contribution is -0.150. The highest BCUT2D eigenvalue weighted by Gasteiger charge is 2.40. The molecule has 576 valence electrons. The first-order valence-corrected chi connectivity index (χ1v) is 33.7. The molecule has 0 bridgehead atoms. The van der Waals surface area contributed by atoms with Crippen LogP contribution in [0.5, 0.6) is 0 Å². The fourth-order valence-electron chi connectivity index (χ4n) is 10.4. The maximum absolute atomic E-state index is 14.2. The van der Waals surface area contributed by atoms with E-state index >= 15 is 0 Å². The summed E-state index contributed by atoms with van der Waals surface area (Å²) in [4.78, 5) is 232. The Bertz CT molecular complexity index is 3360. The lowest BCUT2D eigenvalue weighted by Crippen LogP contribution is -2.61. The number of hydrogen-bond donors (Lipinski definition) is 20. The van der Waals surface area contributed by atoms with Crippen LogP contribution in [0.15, 0.2) is 42.9 Å². The largest absolute Gasteiger partial charge is 0.481 e. The number of imidazole rings is 1. The number of nitrogens with zero attached hydrogens (tertiary/aromatic N) is 2. The molecule has 14 atom stereocenters. The number of amides is 15. The maximum Gasteiger partial charge on any atom is 0.326 e. The minimum absolute atomic E-state index is 0.0324. The van der Waals surface area contributed by atoms with Gasteiger partial charge in [0.2, 0.25) is 88.6 Å².